The molecule has 1 aromatic carbocycles. The first-order valence-electron chi connectivity index (χ1n) is 5.07. The fraction of sp³-hybridized carbons (Fsp3) is 0.417. The maximum Gasteiger partial charge on any atom is 0.303 e. The van der Waals surface area contributed by atoms with Crippen LogP contribution in [0.2, 0.25) is 0 Å². The Hall–Kier alpha value is -0.830. The van der Waals surface area contributed by atoms with E-state index in [2.05, 4.69) is 22.0 Å². The SMILES string of the molecule is CC(=O)O[C@H]1c2ccccc2CC[C@@H]1Br. The van der Waals surface area contributed by atoms with Crippen molar-refractivity contribution in [3.63, 3.8) is 0 Å². The molecule has 2 atom stereocenters. The second-order valence-electron chi connectivity index (χ2n) is 3.78. The summed E-state index contributed by atoms with van der Waals surface area (Å²) in [6.45, 7) is 1.46. The zero-order valence-electron chi connectivity index (χ0n) is 8.57. The van der Waals surface area contributed by atoms with Gasteiger partial charge in [0.15, 0.2) is 0 Å². The van der Waals surface area contributed by atoms with Gasteiger partial charge in [0.2, 0.25) is 0 Å². The van der Waals surface area contributed by atoms with Crippen LogP contribution in [0.1, 0.15) is 30.6 Å². The molecule has 0 unspecified atom stereocenters. The van der Waals surface area contributed by atoms with E-state index in [-0.39, 0.29) is 16.9 Å². The molecule has 3 heteroatoms. The van der Waals surface area contributed by atoms with E-state index in [0.717, 1.165) is 18.4 Å². The molecule has 2 rings (SSSR count). The van der Waals surface area contributed by atoms with E-state index >= 15 is 0 Å². The van der Waals surface area contributed by atoms with Crippen LogP contribution >= 0.6 is 15.9 Å². The van der Waals surface area contributed by atoms with Gasteiger partial charge in [-0.2, -0.15) is 0 Å². The summed E-state index contributed by atoms with van der Waals surface area (Å²) >= 11 is 3.58. The maximum absolute atomic E-state index is 11.0. The minimum atomic E-state index is -0.221. The summed E-state index contributed by atoms with van der Waals surface area (Å²) in [5.41, 5.74) is 2.43. The van der Waals surface area contributed by atoms with Crippen molar-refractivity contribution in [2.45, 2.75) is 30.7 Å². The fourth-order valence-electron chi connectivity index (χ4n) is 2.00. The van der Waals surface area contributed by atoms with Gasteiger partial charge >= 0.3 is 5.97 Å². The van der Waals surface area contributed by atoms with Crippen LogP contribution in [0.15, 0.2) is 24.3 Å². The van der Waals surface area contributed by atoms with Crippen molar-refractivity contribution in [1.29, 1.82) is 0 Å². The van der Waals surface area contributed by atoms with Gasteiger partial charge in [-0.25, -0.2) is 0 Å². The first-order valence-corrected chi connectivity index (χ1v) is 5.99. The third-order valence-corrected chi connectivity index (χ3v) is 3.61. The van der Waals surface area contributed by atoms with Gasteiger partial charge in [0.05, 0.1) is 4.83 Å². The van der Waals surface area contributed by atoms with Crippen LogP contribution in [0.4, 0.5) is 0 Å². The Bertz CT molecular complexity index is 376. The molecule has 0 spiro atoms. The number of halogens is 1. The van der Waals surface area contributed by atoms with Crippen molar-refractivity contribution in [2.24, 2.45) is 0 Å². The molecule has 1 aromatic rings. The Morgan fingerprint density at radius 3 is 2.93 bits per heavy atom. The lowest BCUT2D eigenvalue weighted by Crippen LogP contribution is -2.24. The van der Waals surface area contributed by atoms with Crippen LogP contribution in [-0.4, -0.2) is 10.8 Å². The van der Waals surface area contributed by atoms with Crippen LogP contribution in [0.3, 0.4) is 0 Å². The summed E-state index contributed by atoms with van der Waals surface area (Å²) in [6.07, 6.45) is 1.92. The first-order chi connectivity index (χ1) is 7.18. The lowest BCUT2D eigenvalue weighted by molar-refractivity contribution is -0.146. The van der Waals surface area contributed by atoms with Crippen molar-refractivity contribution in [2.75, 3.05) is 0 Å². The Morgan fingerprint density at radius 1 is 1.47 bits per heavy atom. The normalized spacial score (nSPS) is 24.4. The third kappa shape index (κ3) is 2.23. The Morgan fingerprint density at radius 2 is 2.20 bits per heavy atom. The van der Waals surface area contributed by atoms with E-state index in [1.165, 1.54) is 12.5 Å². The topological polar surface area (TPSA) is 26.3 Å². The molecule has 1 aliphatic rings. The minimum Gasteiger partial charge on any atom is -0.456 e. The first kappa shape index (κ1) is 10.7. The molecule has 80 valence electrons. The van der Waals surface area contributed by atoms with Crippen LogP contribution in [0, 0.1) is 0 Å². The number of carbonyl (C=O) groups excluding carboxylic acids is 1. The predicted octanol–water partition coefficient (Wildman–Crippen LogP) is 3.00. The predicted molar refractivity (Wildman–Crippen MR) is 62.0 cm³/mol. The van der Waals surface area contributed by atoms with Crippen molar-refractivity contribution in [1.82, 2.24) is 0 Å². The number of hydrogen-bond acceptors (Lipinski definition) is 2. The average Bonchev–Trinajstić information content (AvgIpc) is 2.22. The van der Waals surface area contributed by atoms with Crippen molar-refractivity contribution in [3.8, 4) is 0 Å². The van der Waals surface area contributed by atoms with Gasteiger partial charge in [-0.1, -0.05) is 40.2 Å². The number of alkyl halides is 1. The molecule has 0 fully saturated rings. The van der Waals surface area contributed by atoms with Crippen molar-refractivity contribution < 1.29 is 9.53 Å². The Labute approximate surface area is 97.8 Å². The minimum absolute atomic E-state index is 0.132. The zero-order valence-corrected chi connectivity index (χ0v) is 10.2. The van der Waals surface area contributed by atoms with E-state index < -0.39 is 0 Å². The van der Waals surface area contributed by atoms with Gasteiger partial charge in [0.25, 0.3) is 0 Å². The van der Waals surface area contributed by atoms with Crippen LogP contribution in [0.5, 0.6) is 0 Å². The molecule has 0 aromatic heterocycles. The molecule has 0 radical (unpaired) electrons. The number of ether oxygens (including phenoxy) is 1. The summed E-state index contributed by atoms with van der Waals surface area (Å²) in [7, 11) is 0. The van der Waals surface area contributed by atoms with E-state index in [4.69, 9.17) is 4.74 Å². The van der Waals surface area contributed by atoms with Gasteiger partial charge < -0.3 is 4.74 Å². The largest absolute Gasteiger partial charge is 0.456 e. The highest BCUT2D eigenvalue weighted by atomic mass is 79.9. The van der Waals surface area contributed by atoms with Gasteiger partial charge in [0, 0.05) is 6.92 Å². The summed E-state index contributed by atoms with van der Waals surface area (Å²) in [5.74, 6) is -0.221. The smallest absolute Gasteiger partial charge is 0.303 e. The highest BCUT2D eigenvalue weighted by molar-refractivity contribution is 9.09. The maximum atomic E-state index is 11.0. The number of rotatable bonds is 1. The van der Waals surface area contributed by atoms with Gasteiger partial charge in [0.1, 0.15) is 6.10 Å². The van der Waals surface area contributed by atoms with E-state index in [9.17, 15) is 4.79 Å². The molecule has 0 bridgehead atoms. The number of esters is 1. The van der Waals surface area contributed by atoms with Gasteiger partial charge in [-0.05, 0) is 24.0 Å². The van der Waals surface area contributed by atoms with Crippen molar-refractivity contribution in [3.05, 3.63) is 35.4 Å². The average molecular weight is 269 g/mol. The van der Waals surface area contributed by atoms with E-state index in [1.54, 1.807) is 0 Å². The quantitative estimate of drug-likeness (QED) is 0.578. The molecule has 2 nitrogen and oxygen atoms in total. The molecule has 0 aliphatic heterocycles. The summed E-state index contributed by atoms with van der Waals surface area (Å²) in [6, 6.07) is 8.15. The lowest BCUT2D eigenvalue weighted by Gasteiger charge is -2.29. The molecule has 0 heterocycles. The van der Waals surface area contributed by atoms with Crippen molar-refractivity contribution >= 4 is 21.9 Å². The summed E-state index contributed by atoms with van der Waals surface area (Å²) < 4.78 is 5.34. The highest BCUT2D eigenvalue weighted by Gasteiger charge is 2.29. The molecule has 0 amide bonds. The molecular formula is C12H13BrO2. The van der Waals surface area contributed by atoms with E-state index in [0.29, 0.717) is 0 Å². The Balaban J connectivity index is 2.32. The Kier molecular flexibility index (Phi) is 3.10. The van der Waals surface area contributed by atoms with Crippen LogP contribution in [0.25, 0.3) is 0 Å². The molecule has 15 heavy (non-hydrogen) atoms. The van der Waals surface area contributed by atoms with Gasteiger partial charge in [-0.15, -0.1) is 0 Å². The molecular weight excluding hydrogens is 256 g/mol. The number of benzene rings is 1. The summed E-state index contributed by atoms with van der Waals surface area (Å²) in [5, 5.41) is 0. The molecule has 1 aliphatic carbocycles. The number of hydrogen-bond donors (Lipinski definition) is 0. The zero-order chi connectivity index (χ0) is 10.8. The second-order valence-corrected chi connectivity index (χ2v) is 4.96. The van der Waals surface area contributed by atoms with Crippen LogP contribution < -0.4 is 0 Å². The van der Waals surface area contributed by atoms with E-state index in [1.807, 2.05) is 18.2 Å². The lowest BCUT2D eigenvalue weighted by atomic mass is 9.89. The molecule has 0 saturated carbocycles. The number of fused-ring (bicyclic) bond motifs is 1. The second kappa shape index (κ2) is 4.35. The standard InChI is InChI=1S/C12H13BrO2/c1-8(14)15-12-10-5-3-2-4-9(10)6-7-11(12)13/h2-5,11-12H,6-7H2,1H3/t11-,12-/m0/s1. The summed E-state index contributed by atoms with van der Waals surface area (Å²) in [4.78, 5) is 11.3. The third-order valence-electron chi connectivity index (χ3n) is 2.67. The fourth-order valence-corrected chi connectivity index (χ4v) is 2.62. The molecule has 0 saturated heterocycles. The molecule has 0 N–H and O–H groups in total. The van der Waals surface area contributed by atoms with Gasteiger partial charge in [-0.3, -0.25) is 4.79 Å². The monoisotopic (exact) mass is 268 g/mol. The highest BCUT2D eigenvalue weighted by Crippen LogP contribution is 2.36. The number of carbonyl (C=O) groups is 1. The number of aryl methyl sites for hydroxylation is 1. The van der Waals surface area contributed by atoms with Crippen LogP contribution in [-0.2, 0) is 16.0 Å².